The van der Waals surface area contributed by atoms with Crippen LogP contribution < -0.4 is 5.32 Å². The van der Waals surface area contributed by atoms with E-state index in [1.54, 1.807) is 0 Å². The summed E-state index contributed by atoms with van der Waals surface area (Å²) >= 11 is 0. The van der Waals surface area contributed by atoms with Crippen LogP contribution in [0, 0.1) is 11.7 Å². The molecule has 2 heteroatoms. The second-order valence-electron chi connectivity index (χ2n) is 3.69. The molecule has 1 aliphatic heterocycles. The molecule has 13 heavy (non-hydrogen) atoms. The molecular formula is C11H14FN. The third-order valence-electron chi connectivity index (χ3n) is 2.60. The van der Waals surface area contributed by atoms with Crippen LogP contribution in [-0.2, 0) is 6.42 Å². The summed E-state index contributed by atoms with van der Waals surface area (Å²) in [5.41, 5.74) is 1.25. The minimum atomic E-state index is -0.145. The van der Waals surface area contributed by atoms with E-state index in [4.69, 9.17) is 0 Å². The van der Waals surface area contributed by atoms with Crippen molar-refractivity contribution >= 4 is 0 Å². The van der Waals surface area contributed by atoms with Crippen LogP contribution in [0.25, 0.3) is 0 Å². The summed E-state index contributed by atoms with van der Waals surface area (Å²) in [7, 11) is 0. The van der Waals surface area contributed by atoms with Crippen molar-refractivity contribution in [3.8, 4) is 0 Å². The maximum absolute atomic E-state index is 12.6. The van der Waals surface area contributed by atoms with Crippen molar-refractivity contribution in [2.24, 2.45) is 5.92 Å². The fourth-order valence-corrected chi connectivity index (χ4v) is 1.84. The number of nitrogens with one attached hydrogen (secondary N) is 1. The molecule has 70 valence electrons. The van der Waals surface area contributed by atoms with Crippen LogP contribution in [0.5, 0.6) is 0 Å². The maximum Gasteiger partial charge on any atom is 0.123 e. The first kappa shape index (κ1) is 8.70. The molecule has 0 aliphatic carbocycles. The predicted octanol–water partition coefficient (Wildman–Crippen LogP) is 1.98. The lowest BCUT2D eigenvalue weighted by molar-refractivity contribution is 0.577. The van der Waals surface area contributed by atoms with Gasteiger partial charge in [0.2, 0.25) is 0 Å². The maximum atomic E-state index is 12.6. The zero-order valence-electron chi connectivity index (χ0n) is 7.59. The molecule has 1 fully saturated rings. The Morgan fingerprint density at radius 2 is 2.08 bits per heavy atom. The minimum absolute atomic E-state index is 0.145. The van der Waals surface area contributed by atoms with Gasteiger partial charge in [0.25, 0.3) is 0 Å². The number of halogens is 1. The monoisotopic (exact) mass is 179 g/mol. The molecule has 0 unspecified atom stereocenters. The molecule has 1 aliphatic rings. The highest BCUT2D eigenvalue weighted by atomic mass is 19.1. The number of hydrogen-bond donors (Lipinski definition) is 1. The third kappa shape index (κ3) is 2.28. The van der Waals surface area contributed by atoms with Gasteiger partial charge >= 0.3 is 0 Å². The molecule has 1 aromatic rings. The van der Waals surface area contributed by atoms with Crippen molar-refractivity contribution in [1.82, 2.24) is 5.32 Å². The summed E-state index contributed by atoms with van der Waals surface area (Å²) in [6.07, 6.45) is 2.32. The van der Waals surface area contributed by atoms with E-state index in [9.17, 15) is 4.39 Å². The van der Waals surface area contributed by atoms with Crippen molar-refractivity contribution in [3.05, 3.63) is 35.6 Å². The van der Waals surface area contributed by atoms with E-state index >= 15 is 0 Å². The molecule has 0 aromatic heterocycles. The van der Waals surface area contributed by atoms with E-state index in [-0.39, 0.29) is 5.82 Å². The zero-order valence-corrected chi connectivity index (χ0v) is 7.59. The summed E-state index contributed by atoms with van der Waals surface area (Å²) in [6, 6.07) is 6.84. The summed E-state index contributed by atoms with van der Waals surface area (Å²) in [6.45, 7) is 2.24. The molecule has 1 nitrogen and oxygen atoms in total. The molecule has 0 bridgehead atoms. The van der Waals surface area contributed by atoms with Gasteiger partial charge in [-0.05, 0) is 49.5 Å². The van der Waals surface area contributed by atoms with Crippen LogP contribution in [0.15, 0.2) is 24.3 Å². The van der Waals surface area contributed by atoms with E-state index in [2.05, 4.69) is 5.32 Å². The van der Waals surface area contributed by atoms with E-state index in [0.29, 0.717) is 0 Å². The summed E-state index contributed by atoms with van der Waals surface area (Å²) < 4.78 is 12.6. The third-order valence-corrected chi connectivity index (χ3v) is 2.60. The lowest BCUT2D eigenvalue weighted by atomic mass is 9.99. The van der Waals surface area contributed by atoms with Crippen LogP contribution in [-0.4, -0.2) is 13.1 Å². The predicted molar refractivity (Wildman–Crippen MR) is 51.1 cm³/mol. The number of hydrogen-bond acceptors (Lipinski definition) is 1. The van der Waals surface area contributed by atoms with Crippen molar-refractivity contribution in [2.75, 3.05) is 13.1 Å². The van der Waals surface area contributed by atoms with Gasteiger partial charge in [0.15, 0.2) is 0 Å². The average molecular weight is 179 g/mol. The average Bonchev–Trinajstić information content (AvgIpc) is 2.62. The van der Waals surface area contributed by atoms with Crippen LogP contribution in [0.4, 0.5) is 4.39 Å². The van der Waals surface area contributed by atoms with Crippen LogP contribution in [0.1, 0.15) is 12.0 Å². The molecule has 0 radical (unpaired) electrons. The van der Waals surface area contributed by atoms with E-state index in [0.717, 1.165) is 25.4 Å². The molecular weight excluding hydrogens is 165 g/mol. The molecule has 2 rings (SSSR count). The van der Waals surface area contributed by atoms with Crippen LogP contribution >= 0.6 is 0 Å². The molecule has 1 heterocycles. The van der Waals surface area contributed by atoms with Crippen LogP contribution in [0.3, 0.4) is 0 Å². The van der Waals surface area contributed by atoms with Crippen molar-refractivity contribution in [3.63, 3.8) is 0 Å². The van der Waals surface area contributed by atoms with Gasteiger partial charge in [0.05, 0.1) is 0 Å². The lowest BCUT2D eigenvalue weighted by Gasteiger charge is -2.07. The first-order chi connectivity index (χ1) is 6.34. The minimum Gasteiger partial charge on any atom is -0.316 e. The summed E-state index contributed by atoms with van der Waals surface area (Å²) in [4.78, 5) is 0. The van der Waals surface area contributed by atoms with Gasteiger partial charge in [0, 0.05) is 0 Å². The Bertz CT molecular complexity index is 262. The first-order valence-electron chi connectivity index (χ1n) is 4.80. The SMILES string of the molecule is Fc1ccc(C[C@H]2CCNC2)cc1. The van der Waals surface area contributed by atoms with Crippen molar-refractivity contribution in [1.29, 1.82) is 0 Å². The standard InChI is InChI=1S/C11H14FN/c12-11-3-1-9(2-4-11)7-10-5-6-13-8-10/h1-4,10,13H,5-8H2/t10-/m1/s1. The quantitative estimate of drug-likeness (QED) is 0.732. The highest BCUT2D eigenvalue weighted by Gasteiger charge is 2.14. The fourth-order valence-electron chi connectivity index (χ4n) is 1.84. The molecule has 0 spiro atoms. The highest BCUT2D eigenvalue weighted by molar-refractivity contribution is 5.16. The largest absolute Gasteiger partial charge is 0.316 e. The number of rotatable bonds is 2. The van der Waals surface area contributed by atoms with Gasteiger partial charge in [-0.15, -0.1) is 0 Å². The Morgan fingerprint density at radius 3 is 2.69 bits per heavy atom. The second kappa shape index (κ2) is 3.88. The Morgan fingerprint density at radius 1 is 1.31 bits per heavy atom. The molecule has 1 atom stereocenters. The second-order valence-corrected chi connectivity index (χ2v) is 3.69. The smallest absolute Gasteiger partial charge is 0.123 e. The normalized spacial score (nSPS) is 22.1. The Balaban J connectivity index is 1.97. The topological polar surface area (TPSA) is 12.0 Å². The van der Waals surface area contributed by atoms with E-state index in [1.165, 1.54) is 24.1 Å². The summed E-state index contributed by atoms with van der Waals surface area (Å²) in [5, 5.41) is 3.33. The lowest BCUT2D eigenvalue weighted by Crippen LogP contribution is -2.10. The van der Waals surface area contributed by atoms with Crippen molar-refractivity contribution in [2.45, 2.75) is 12.8 Å². The van der Waals surface area contributed by atoms with Gasteiger partial charge in [-0.2, -0.15) is 0 Å². The van der Waals surface area contributed by atoms with Gasteiger partial charge in [-0.25, -0.2) is 4.39 Å². The van der Waals surface area contributed by atoms with Gasteiger partial charge < -0.3 is 5.32 Å². The molecule has 1 N–H and O–H groups in total. The Kier molecular flexibility index (Phi) is 2.60. The zero-order chi connectivity index (χ0) is 9.10. The van der Waals surface area contributed by atoms with Crippen LogP contribution in [0.2, 0.25) is 0 Å². The van der Waals surface area contributed by atoms with Gasteiger partial charge in [0.1, 0.15) is 5.82 Å². The van der Waals surface area contributed by atoms with Gasteiger partial charge in [-0.1, -0.05) is 12.1 Å². The van der Waals surface area contributed by atoms with Crippen molar-refractivity contribution < 1.29 is 4.39 Å². The highest BCUT2D eigenvalue weighted by Crippen LogP contribution is 2.15. The molecule has 1 saturated heterocycles. The Labute approximate surface area is 78.0 Å². The fraction of sp³-hybridized carbons (Fsp3) is 0.455. The summed E-state index contributed by atoms with van der Waals surface area (Å²) in [5.74, 6) is 0.596. The molecule has 1 aromatic carbocycles. The molecule has 0 amide bonds. The van der Waals surface area contributed by atoms with E-state index in [1.807, 2.05) is 12.1 Å². The molecule has 0 saturated carbocycles. The Hall–Kier alpha value is -0.890. The first-order valence-corrected chi connectivity index (χ1v) is 4.80. The van der Waals surface area contributed by atoms with E-state index < -0.39 is 0 Å². The number of benzene rings is 1. The van der Waals surface area contributed by atoms with Gasteiger partial charge in [-0.3, -0.25) is 0 Å².